The van der Waals surface area contributed by atoms with Gasteiger partial charge in [-0.1, -0.05) is 19.8 Å². The van der Waals surface area contributed by atoms with Crippen LogP contribution >= 0.6 is 0 Å². The van der Waals surface area contributed by atoms with Crippen LogP contribution in [0.15, 0.2) is 0 Å². The lowest BCUT2D eigenvalue weighted by Crippen LogP contribution is -2.50. The molecule has 3 unspecified atom stereocenters. The first-order valence-electron chi connectivity index (χ1n) is 5.36. The van der Waals surface area contributed by atoms with Crippen molar-refractivity contribution in [1.29, 1.82) is 0 Å². The molecule has 0 aliphatic carbocycles. The zero-order valence-corrected chi connectivity index (χ0v) is 9.29. The predicted octanol–water partition coefficient (Wildman–Crippen LogP) is 1.70. The van der Waals surface area contributed by atoms with Crippen molar-refractivity contribution in [3.63, 3.8) is 0 Å². The zero-order chi connectivity index (χ0) is 10.7. The van der Waals surface area contributed by atoms with Gasteiger partial charge in [-0.2, -0.15) is 0 Å². The molecule has 1 heterocycles. The normalized spacial score (nSPS) is 31.1. The fraction of sp³-hybridized carbons (Fsp3) is 0.750. The van der Waals surface area contributed by atoms with Gasteiger partial charge >= 0.3 is 0 Å². The molecular weight excluding hydrogens is 174 g/mol. The minimum Gasteiger partial charge on any atom is -0.299 e. The van der Waals surface area contributed by atoms with Crippen LogP contribution in [0.3, 0.4) is 0 Å². The standard InChI is InChI=1S/C12H19NO/c1-5-11(6-2)13-8-7-12(14)9(3)10(13)4/h1,9-11H,6-8H2,2-4H3. The third-order valence-electron chi connectivity index (χ3n) is 3.35. The van der Waals surface area contributed by atoms with Crippen LogP contribution in [0, 0.1) is 18.3 Å². The molecule has 78 valence electrons. The maximum absolute atomic E-state index is 11.5. The van der Waals surface area contributed by atoms with E-state index in [1.807, 2.05) is 6.92 Å². The molecule has 3 atom stereocenters. The summed E-state index contributed by atoms with van der Waals surface area (Å²) in [4.78, 5) is 13.8. The van der Waals surface area contributed by atoms with Gasteiger partial charge in [-0.15, -0.1) is 6.42 Å². The molecular formula is C12H19NO. The van der Waals surface area contributed by atoms with E-state index in [2.05, 4.69) is 24.7 Å². The Labute approximate surface area is 86.7 Å². The first-order valence-corrected chi connectivity index (χ1v) is 5.36. The quantitative estimate of drug-likeness (QED) is 0.622. The van der Waals surface area contributed by atoms with Gasteiger partial charge in [0.05, 0.1) is 6.04 Å². The fourth-order valence-electron chi connectivity index (χ4n) is 2.11. The first-order chi connectivity index (χ1) is 6.61. The van der Waals surface area contributed by atoms with Crippen molar-refractivity contribution in [2.75, 3.05) is 6.54 Å². The summed E-state index contributed by atoms with van der Waals surface area (Å²) in [5.74, 6) is 3.31. The highest BCUT2D eigenvalue weighted by atomic mass is 16.1. The number of nitrogens with zero attached hydrogens (tertiary/aromatic N) is 1. The van der Waals surface area contributed by atoms with E-state index < -0.39 is 0 Å². The highest BCUT2D eigenvalue weighted by Gasteiger charge is 2.33. The van der Waals surface area contributed by atoms with E-state index in [0.717, 1.165) is 13.0 Å². The average Bonchev–Trinajstić information content (AvgIpc) is 2.19. The Kier molecular flexibility index (Phi) is 3.71. The Balaban J connectivity index is 2.72. The van der Waals surface area contributed by atoms with Gasteiger partial charge in [0.1, 0.15) is 5.78 Å². The van der Waals surface area contributed by atoms with Gasteiger partial charge in [0.2, 0.25) is 0 Å². The molecule has 0 aromatic rings. The molecule has 1 aliphatic heterocycles. The minimum atomic E-state index is 0.131. The molecule has 14 heavy (non-hydrogen) atoms. The molecule has 0 radical (unpaired) electrons. The second kappa shape index (κ2) is 4.61. The van der Waals surface area contributed by atoms with E-state index >= 15 is 0 Å². The SMILES string of the molecule is C#CC(CC)N1CCC(=O)C(C)C1C. The van der Waals surface area contributed by atoms with Crippen molar-refractivity contribution in [2.24, 2.45) is 5.92 Å². The molecule has 0 bridgehead atoms. The Morgan fingerprint density at radius 2 is 2.29 bits per heavy atom. The fourth-order valence-corrected chi connectivity index (χ4v) is 2.11. The van der Waals surface area contributed by atoms with Crippen LogP contribution in [0.1, 0.15) is 33.6 Å². The average molecular weight is 193 g/mol. The third kappa shape index (κ3) is 1.99. The second-order valence-electron chi connectivity index (χ2n) is 4.07. The van der Waals surface area contributed by atoms with Gasteiger partial charge in [-0.3, -0.25) is 9.69 Å². The van der Waals surface area contributed by atoms with E-state index in [1.54, 1.807) is 0 Å². The Hall–Kier alpha value is -0.810. The maximum Gasteiger partial charge on any atom is 0.138 e. The van der Waals surface area contributed by atoms with E-state index in [-0.39, 0.29) is 18.0 Å². The molecule has 0 saturated carbocycles. The highest BCUT2D eigenvalue weighted by Crippen LogP contribution is 2.23. The van der Waals surface area contributed by atoms with E-state index in [0.29, 0.717) is 12.2 Å². The number of carbonyl (C=O) groups is 1. The lowest BCUT2D eigenvalue weighted by molar-refractivity contribution is -0.128. The van der Waals surface area contributed by atoms with E-state index in [1.165, 1.54) is 0 Å². The van der Waals surface area contributed by atoms with Crippen molar-refractivity contribution >= 4 is 5.78 Å². The number of likely N-dealkylation sites (tertiary alicyclic amines) is 1. The number of hydrogen-bond acceptors (Lipinski definition) is 2. The molecule has 1 rings (SSSR count). The number of rotatable bonds is 2. The van der Waals surface area contributed by atoms with Gasteiger partial charge in [0.15, 0.2) is 0 Å². The number of terminal acetylenes is 1. The molecule has 0 aromatic heterocycles. The topological polar surface area (TPSA) is 20.3 Å². The summed E-state index contributed by atoms with van der Waals surface area (Å²) in [5, 5.41) is 0. The highest BCUT2D eigenvalue weighted by molar-refractivity contribution is 5.82. The third-order valence-corrected chi connectivity index (χ3v) is 3.35. The van der Waals surface area contributed by atoms with Crippen LogP contribution < -0.4 is 0 Å². The summed E-state index contributed by atoms with van der Waals surface area (Å²) >= 11 is 0. The molecule has 1 saturated heterocycles. The van der Waals surface area contributed by atoms with Crippen molar-refractivity contribution in [3.05, 3.63) is 0 Å². The van der Waals surface area contributed by atoms with Crippen molar-refractivity contribution < 1.29 is 4.79 Å². The molecule has 0 amide bonds. The second-order valence-corrected chi connectivity index (χ2v) is 4.07. The minimum absolute atomic E-state index is 0.131. The van der Waals surface area contributed by atoms with Crippen LogP contribution in [0.5, 0.6) is 0 Å². The van der Waals surface area contributed by atoms with Gasteiger partial charge in [-0.05, 0) is 13.3 Å². The molecule has 1 fully saturated rings. The van der Waals surface area contributed by atoms with Crippen molar-refractivity contribution in [2.45, 2.75) is 45.7 Å². The monoisotopic (exact) mass is 193 g/mol. The largest absolute Gasteiger partial charge is 0.299 e. The Bertz CT molecular complexity index is 254. The zero-order valence-electron chi connectivity index (χ0n) is 9.29. The van der Waals surface area contributed by atoms with Gasteiger partial charge < -0.3 is 0 Å². The van der Waals surface area contributed by atoms with Gasteiger partial charge in [0.25, 0.3) is 0 Å². The van der Waals surface area contributed by atoms with Crippen molar-refractivity contribution in [3.8, 4) is 12.3 Å². The lowest BCUT2D eigenvalue weighted by atomic mass is 9.89. The summed E-state index contributed by atoms with van der Waals surface area (Å²) in [6.07, 6.45) is 7.10. The van der Waals surface area contributed by atoms with E-state index in [4.69, 9.17) is 6.42 Å². The summed E-state index contributed by atoms with van der Waals surface area (Å²) in [6, 6.07) is 0.484. The van der Waals surface area contributed by atoms with Gasteiger partial charge in [0, 0.05) is 24.9 Å². The van der Waals surface area contributed by atoms with Crippen LogP contribution in [0.25, 0.3) is 0 Å². The summed E-state index contributed by atoms with van der Waals surface area (Å²) < 4.78 is 0. The Morgan fingerprint density at radius 3 is 2.79 bits per heavy atom. The first kappa shape index (κ1) is 11.3. The van der Waals surface area contributed by atoms with Crippen molar-refractivity contribution in [1.82, 2.24) is 4.90 Å². The lowest BCUT2D eigenvalue weighted by Gasteiger charge is -2.39. The van der Waals surface area contributed by atoms with E-state index in [9.17, 15) is 4.79 Å². The summed E-state index contributed by atoms with van der Waals surface area (Å²) in [5.41, 5.74) is 0. The smallest absolute Gasteiger partial charge is 0.138 e. The number of Topliss-reactive ketones (excluding diaryl/α,β-unsaturated/α-hetero) is 1. The summed E-state index contributed by atoms with van der Waals surface area (Å²) in [6.45, 7) is 7.02. The van der Waals surface area contributed by atoms with Crippen LogP contribution in [-0.4, -0.2) is 29.3 Å². The molecule has 0 N–H and O–H groups in total. The van der Waals surface area contributed by atoms with Gasteiger partial charge in [-0.25, -0.2) is 0 Å². The summed E-state index contributed by atoms with van der Waals surface area (Å²) in [7, 11) is 0. The molecule has 2 heteroatoms. The maximum atomic E-state index is 11.5. The molecule has 2 nitrogen and oxygen atoms in total. The molecule has 0 spiro atoms. The van der Waals surface area contributed by atoms with Crippen LogP contribution in [0.2, 0.25) is 0 Å². The number of ketones is 1. The number of carbonyl (C=O) groups excluding carboxylic acids is 1. The van der Waals surface area contributed by atoms with Crippen LogP contribution in [-0.2, 0) is 4.79 Å². The van der Waals surface area contributed by atoms with Crippen LogP contribution in [0.4, 0.5) is 0 Å². The number of piperidine rings is 1. The Morgan fingerprint density at radius 1 is 1.64 bits per heavy atom. The molecule has 1 aliphatic rings. The number of hydrogen-bond donors (Lipinski definition) is 0. The predicted molar refractivity (Wildman–Crippen MR) is 57.9 cm³/mol. The molecule has 0 aromatic carbocycles.